The predicted octanol–water partition coefficient (Wildman–Crippen LogP) is 2.68. The third kappa shape index (κ3) is 6.39. The zero-order valence-corrected chi connectivity index (χ0v) is 12.3. The summed E-state index contributed by atoms with van der Waals surface area (Å²) in [6.07, 6.45) is 3.51. The number of aryl methyl sites for hydroxylation is 1. The molecule has 0 atom stereocenters. The van der Waals surface area contributed by atoms with Crippen molar-refractivity contribution < 1.29 is 9.53 Å². The molecule has 0 aliphatic heterocycles. The Morgan fingerprint density at radius 1 is 1.16 bits per heavy atom. The Balaban J connectivity index is 2.21. The van der Waals surface area contributed by atoms with Crippen molar-refractivity contribution in [3.8, 4) is 0 Å². The maximum atomic E-state index is 11.0. The molecule has 19 heavy (non-hydrogen) atoms. The molecule has 0 bridgehead atoms. The highest BCUT2D eigenvalue weighted by atomic mass is 16.5. The van der Waals surface area contributed by atoms with Crippen LogP contribution in [0.15, 0.2) is 24.3 Å². The molecule has 1 aromatic rings. The number of hydrogen-bond donors (Lipinski definition) is 0. The van der Waals surface area contributed by atoms with Gasteiger partial charge in [-0.05, 0) is 44.0 Å². The fourth-order valence-electron chi connectivity index (χ4n) is 1.97. The Morgan fingerprint density at radius 2 is 1.79 bits per heavy atom. The summed E-state index contributed by atoms with van der Waals surface area (Å²) in [7, 11) is 3.53. The first-order valence-electron chi connectivity index (χ1n) is 6.99. The molecule has 0 amide bonds. The van der Waals surface area contributed by atoms with Gasteiger partial charge in [-0.2, -0.15) is 0 Å². The predicted molar refractivity (Wildman–Crippen MR) is 78.3 cm³/mol. The number of methoxy groups -OCH3 is 1. The van der Waals surface area contributed by atoms with Gasteiger partial charge in [-0.15, -0.1) is 0 Å². The van der Waals surface area contributed by atoms with Gasteiger partial charge >= 0.3 is 5.97 Å². The highest BCUT2D eigenvalue weighted by Gasteiger charge is 2.03. The van der Waals surface area contributed by atoms with Crippen molar-refractivity contribution in [2.45, 2.75) is 32.6 Å². The maximum Gasteiger partial charge on any atom is 0.305 e. The van der Waals surface area contributed by atoms with E-state index < -0.39 is 0 Å². The lowest BCUT2D eigenvalue weighted by atomic mass is 10.1. The van der Waals surface area contributed by atoms with Crippen LogP contribution < -0.4 is 0 Å². The summed E-state index contributed by atoms with van der Waals surface area (Å²) in [6.45, 7) is 4.12. The number of carbonyl (C=O) groups excluding carboxylic acids is 1. The van der Waals surface area contributed by atoms with Gasteiger partial charge in [-0.25, -0.2) is 0 Å². The molecule has 106 valence electrons. The van der Waals surface area contributed by atoms with Crippen molar-refractivity contribution >= 4 is 5.97 Å². The van der Waals surface area contributed by atoms with Crippen LogP contribution in [0.4, 0.5) is 0 Å². The van der Waals surface area contributed by atoms with Crippen LogP contribution in [-0.4, -0.2) is 38.1 Å². The van der Waals surface area contributed by atoms with Gasteiger partial charge in [-0.3, -0.25) is 4.79 Å². The number of likely N-dealkylation sites (N-methyl/N-ethyl adjacent to an activating group) is 1. The first kappa shape index (κ1) is 15.7. The minimum Gasteiger partial charge on any atom is -0.469 e. The number of esters is 1. The van der Waals surface area contributed by atoms with Gasteiger partial charge in [0.1, 0.15) is 0 Å². The van der Waals surface area contributed by atoms with E-state index in [9.17, 15) is 4.79 Å². The Kier molecular flexibility index (Phi) is 7.19. The molecular formula is C16H25NO2. The van der Waals surface area contributed by atoms with E-state index in [1.807, 2.05) is 0 Å². The van der Waals surface area contributed by atoms with Gasteiger partial charge in [0, 0.05) is 13.0 Å². The summed E-state index contributed by atoms with van der Waals surface area (Å²) in [5.41, 5.74) is 2.76. The molecule has 0 aliphatic rings. The van der Waals surface area contributed by atoms with Crippen molar-refractivity contribution in [2.75, 3.05) is 27.2 Å². The van der Waals surface area contributed by atoms with E-state index in [2.05, 4.69) is 47.9 Å². The zero-order valence-electron chi connectivity index (χ0n) is 12.3. The third-order valence-corrected chi connectivity index (χ3v) is 3.36. The van der Waals surface area contributed by atoms with Gasteiger partial charge in [0.05, 0.1) is 7.11 Å². The smallest absolute Gasteiger partial charge is 0.305 e. The standard InChI is InChI=1S/C16H25NO2/c1-4-14-7-9-15(10-8-14)11-13-17(2)12-5-6-16(18)19-3/h7-10H,4-6,11-13H2,1-3H3. The van der Waals surface area contributed by atoms with Crippen LogP contribution in [0.5, 0.6) is 0 Å². The molecule has 1 rings (SSSR count). The summed E-state index contributed by atoms with van der Waals surface area (Å²) in [6, 6.07) is 8.82. The van der Waals surface area contributed by atoms with Crippen molar-refractivity contribution in [3.05, 3.63) is 35.4 Å². The maximum absolute atomic E-state index is 11.0. The van der Waals surface area contributed by atoms with E-state index >= 15 is 0 Å². The van der Waals surface area contributed by atoms with E-state index in [1.165, 1.54) is 18.2 Å². The summed E-state index contributed by atoms with van der Waals surface area (Å²) in [4.78, 5) is 13.3. The van der Waals surface area contributed by atoms with E-state index in [4.69, 9.17) is 0 Å². The summed E-state index contributed by atoms with van der Waals surface area (Å²) >= 11 is 0. The largest absolute Gasteiger partial charge is 0.469 e. The van der Waals surface area contributed by atoms with Crippen molar-refractivity contribution in [2.24, 2.45) is 0 Å². The first-order chi connectivity index (χ1) is 9.15. The SMILES string of the molecule is CCc1ccc(CCN(C)CCCC(=O)OC)cc1. The molecule has 3 heteroatoms. The van der Waals surface area contributed by atoms with E-state index in [-0.39, 0.29) is 5.97 Å². The van der Waals surface area contributed by atoms with E-state index in [0.717, 1.165) is 32.4 Å². The Labute approximate surface area is 116 Å². The normalized spacial score (nSPS) is 10.7. The van der Waals surface area contributed by atoms with Crippen LogP contribution >= 0.6 is 0 Å². The van der Waals surface area contributed by atoms with E-state index in [1.54, 1.807) is 0 Å². The van der Waals surface area contributed by atoms with E-state index in [0.29, 0.717) is 6.42 Å². The second-order valence-electron chi connectivity index (χ2n) is 4.90. The highest BCUT2D eigenvalue weighted by molar-refractivity contribution is 5.69. The molecule has 0 aliphatic carbocycles. The second kappa shape index (κ2) is 8.70. The number of nitrogens with zero attached hydrogens (tertiary/aromatic N) is 1. The van der Waals surface area contributed by atoms with Crippen molar-refractivity contribution in [1.29, 1.82) is 0 Å². The van der Waals surface area contributed by atoms with Crippen LogP contribution in [0.25, 0.3) is 0 Å². The first-order valence-corrected chi connectivity index (χ1v) is 6.99. The van der Waals surface area contributed by atoms with Crippen LogP contribution in [0, 0.1) is 0 Å². The molecule has 0 saturated carbocycles. The van der Waals surface area contributed by atoms with Crippen LogP contribution in [0.1, 0.15) is 30.9 Å². The fourth-order valence-corrected chi connectivity index (χ4v) is 1.97. The van der Waals surface area contributed by atoms with Gasteiger partial charge in [0.15, 0.2) is 0 Å². The zero-order chi connectivity index (χ0) is 14.1. The molecule has 0 unspecified atom stereocenters. The van der Waals surface area contributed by atoms with Gasteiger partial charge in [0.25, 0.3) is 0 Å². The number of hydrogen-bond acceptors (Lipinski definition) is 3. The number of carbonyl (C=O) groups is 1. The molecule has 3 nitrogen and oxygen atoms in total. The lowest BCUT2D eigenvalue weighted by Gasteiger charge is -2.16. The minimum atomic E-state index is -0.122. The number of rotatable bonds is 8. The topological polar surface area (TPSA) is 29.5 Å². The number of ether oxygens (including phenoxy) is 1. The highest BCUT2D eigenvalue weighted by Crippen LogP contribution is 2.06. The molecule has 1 aromatic carbocycles. The molecule has 0 heterocycles. The molecule has 0 saturated heterocycles. The van der Waals surface area contributed by atoms with Crippen molar-refractivity contribution in [3.63, 3.8) is 0 Å². The van der Waals surface area contributed by atoms with Crippen LogP contribution in [-0.2, 0) is 22.4 Å². The van der Waals surface area contributed by atoms with Gasteiger partial charge < -0.3 is 9.64 Å². The van der Waals surface area contributed by atoms with Crippen LogP contribution in [0.3, 0.4) is 0 Å². The summed E-state index contributed by atoms with van der Waals surface area (Å²) < 4.78 is 4.63. The molecule has 0 radical (unpaired) electrons. The average Bonchev–Trinajstić information content (AvgIpc) is 2.45. The molecule has 0 fully saturated rings. The molecule has 0 spiro atoms. The number of benzene rings is 1. The lowest BCUT2D eigenvalue weighted by Crippen LogP contribution is -2.23. The van der Waals surface area contributed by atoms with Gasteiger partial charge in [-0.1, -0.05) is 31.2 Å². The average molecular weight is 263 g/mol. The third-order valence-electron chi connectivity index (χ3n) is 3.36. The van der Waals surface area contributed by atoms with Crippen molar-refractivity contribution in [1.82, 2.24) is 4.90 Å². The molecule has 0 N–H and O–H groups in total. The van der Waals surface area contributed by atoms with Crippen LogP contribution in [0.2, 0.25) is 0 Å². The summed E-state index contributed by atoms with van der Waals surface area (Å²) in [5.74, 6) is -0.122. The molecular weight excluding hydrogens is 238 g/mol. The monoisotopic (exact) mass is 263 g/mol. The fraction of sp³-hybridized carbons (Fsp3) is 0.562. The Morgan fingerprint density at radius 3 is 2.37 bits per heavy atom. The Bertz CT molecular complexity index is 373. The minimum absolute atomic E-state index is 0.122. The second-order valence-corrected chi connectivity index (χ2v) is 4.90. The Hall–Kier alpha value is -1.35. The summed E-state index contributed by atoms with van der Waals surface area (Å²) in [5, 5.41) is 0. The quantitative estimate of drug-likeness (QED) is 0.675. The lowest BCUT2D eigenvalue weighted by molar-refractivity contribution is -0.140. The van der Waals surface area contributed by atoms with Gasteiger partial charge in [0.2, 0.25) is 0 Å². The molecule has 0 aromatic heterocycles.